The summed E-state index contributed by atoms with van der Waals surface area (Å²) in [4.78, 5) is 0. The lowest BCUT2D eigenvalue weighted by Crippen LogP contribution is -1.73. The first-order valence-corrected chi connectivity index (χ1v) is 5.25. The number of halogens is 2. The molecule has 2 nitrogen and oxygen atoms in total. The van der Waals surface area contributed by atoms with Crippen molar-refractivity contribution < 1.29 is 9.52 Å². The molecule has 1 aromatic carbocycles. The van der Waals surface area contributed by atoms with Crippen LogP contribution in [0.25, 0.3) is 11.0 Å². The van der Waals surface area contributed by atoms with Crippen molar-refractivity contribution in [1.29, 1.82) is 0 Å². The fraction of sp³-hybridized carbons (Fsp3) is 0.111. The number of benzene rings is 1. The maximum atomic E-state index is 9.58. The molecule has 0 aliphatic rings. The van der Waals surface area contributed by atoms with Crippen molar-refractivity contribution in [2.75, 3.05) is 0 Å². The summed E-state index contributed by atoms with van der Waals surface area (Å²) in [5.41, 5.74) is 0.758. The van der Waals surface area contributed by atoms with E-state index < -0.39 is 0 Å². The normalized spacial score (nSPS) is 11.0. The van der Waals surface area contributed by atoms with E-state index in [1.54, 1.807) is 6.07 Å². The van der Waals surface area contributed by atoms with Gasteiger partial charge in [0.25, 0.3) is 0 Å². The molecule has 0 unspecified atom stereocenters. The number of aryl methyl sites for hydroxylation is 1. The van der Waals surface area contributed by atoms with Gasteiger partial charge in [-0.25, -0.2) is 0 Å². The van der Waals surface area contributed by atoms with E-state index in [2.05, 4.69) is 31.9 Å². The second-order valence-corrected chi connectivity index (χ2v) is 4.44. The van der Waals surface area contributed by atoms with Crippen LogP contribution < -0.4 is 0 Å². The molecule has 1 N–H and O–H groups in total. The number of furan rings is 1. The van der Waals surface area contributed by atoms with Crippen molar-refractivity contribution in [2.45, 2.75) is 6.92 Å². The first-order valence-electron chi connectivity index (χ1n) is 3.66. The van der Waals surface area contributed by atoms with E-state index in [1.807, 2.05) is 13.0 Å². The molecule has 0 saturated heterocycles. The molecular weight excluding hydrogens is 300 g/mol. The third-order valence-corrected chi connectivity index (χ3v) is 3.22. The van der Waals surface area contributed by atoms with Gasteiger partial charge in [-0.2, -0.15) is 0 Å². The monoisotopic (exact) mass is 304 g/mol. The van der Waals surface area contributed by atoms with Crippen molar-refractivity contribution in [3.05, 3.63) is 26.8 Å². The third-order valence-electron chi connectivity index (χ3n) is 1.81. The number of phenols is 1. The molecule has 0 bridgehead atoms. The Balaban J connectivity index is 2.92. The molecule has 0 radical (unpaired) electrons. The number of rotatable bonds is 0. The zero-order valence-electron chi connectivity index (χ0n) is 6.77. The molecule has 0 saturated carbocycles. The summed E-state index contributed by atoms with van der Waals surface area (Å²) in [6.07, 6.45) is 0. The van der Waals surface area contributed by atoms with E-state index in [-0.39, 0.29) is 5.75 Å². The molecule has 0 amide bonds. The highest BCUT2D eigenvalue weighted by Gasteiger charge is 2.11. The van der Waals surface area contributed by atoms with Crippen molar-refractivity contribution in [3.63, 3.8) is 0 Å². The van der Waals surface area contributed by atoms with Gasteiger partial charge in [-0.05, 0) is 50.9 Å². The van der Waals surface area contributed by atoms with Crippen molar-refractivity contribution in [1.82, 2.24) is 0 Å². The van der Waals surface area contributed by atoms with E-state index in [4.69, 9.17) is 4.42 Å². The number of phenolic OH excluding ortho intramolecular Hbond substituents is 1. The standard InChI is InChI=1S/C9H6Br2O2/c1-4-2-5-7(13-4)3-6(10)9(12)8(5)11/h2-3,12H,1H3. The summed E-state index contributed by atoms with van der Waals surface area (Å²) in [7, 11) is 0. The average molecular weight is 306 g/mol. The van der Waals surface area contributed by atoms with Crippen molar-refractivity contribution in [2.24, 2.45) is 0 Å². The third kappa shape index (κ3) is 1.38. The van der Waals surface area contributed by atoms with Crippen LogP contribution in [0.4, 0.5) is 0 Å². The predicted octanol–water partition coefficient (Wildman–Crippen LogP) is 3.97. The van der Waals surface area contributed by atoms with Crippen LogP contribution in [-0.4, -0.2) is 5.11 Å². The van der Waals surface area contributed by atoms with E-state index in [0.29, 0.717) is 8.95 Å². The molecule has 68 valence electrons. The lowest BCUT2D eigenvalue weighted by atomic mass is 10.2. The fourth-order valence-corrected chi connectivity index (χ4v) is 2.42. The largest absolute Gasteiger partial charge is 0.506 e. The Morgan fingerprint density at radius 3 is 2.69 bits per heavy atom. The second-order valence-electron chi connectivity index (χ2n) is 2.79. The molecule has 13 heavy (non-hydrogen) atoms. The molecule has 0 aliphatic carbocycles. The Bertz CT molecular complexity index is 474. The summed E-state index contributed by atoms with van der Waals surface area (Å²) < 4.78 is 6.70. The first-order chi connectivity index (χ1) is 6.09. The Hall–Kier alpha value is -0.480. The molecule has 1 heterocycles. The second kappa shape index (κ2) is 3.03. The summed E-state index contributed by atoms with van der Waals surface area (Å²) >= 11 is 6.54. The van der Waals surface area contributed by atoms with Gasteiger partial charge >= 0.3 is 0 Å². The van der Waals surface area contributed by atoms with Crippen molar-refractivity contribution in [3.8, 4) is 5.75 Å². The molecule has 0 fully saturated rings. The smallest absolute Gasteiger partial charge is 0.144 e. The predicted molar refractivity (Wildman–Crippen MR) is 58.0 cm³/mol. The van der Waals surface area contributed by atoms with Crippen LogP contribution in [0.15, 0.2) is 25.5 Å². The van der Waals surface area contributed by atoms with E-state index >= 15 is 0 Å². The molecule has 0 atom stereocenters. The Morgan fingerprint density at radius 2 is 2.00 bits per heavy atom. The fourth-order valence-electron chi connectivity index (χ4n) is 1.23. The summed E-state index contributed by atoms with van der Waals surface area (Å²) in [5.74, 6) is 1.03. The van der Waals surface area contributed by atoms with Gasteiger partial charge in [0.1, 0.15) is 17.1 Å². The van der Waals surface area contributed by atoms with Crippen molar-refractivity contribution >= 4 is 42.8 Å². The van der Waals surface area contributed by atoms with Gasteiger partial charge in [-0.1, -0.05) is 0 Å². The SMILES string of the molecule is Cc1cc2c(Br)c(O)c(Br)cc2o1. The van der Waals surface area contributed by atoms with Gasteiger partial charge in [-0.3, -0.25) is 0 Å². The maximum Gasteiger partial charge on any atom is 0.144 e. The minimum Gasteiger partial charge on any atom is -0.506 e. The Kier molecular flexibility index (Phi) is 2.12. The average Bonchev–Trinajstić information content (AvgIpc) is 2.42. The summed E-state index contributed by atoms with van der Waals surface area (Å²) in [5, 5.41) is 10.5. The topological polar surface area (TPSA) is 33.4 Å². The van der Waals surface area contributed by atoms with Crippen LogP contribution in [0.3, 0.4) is 0 Å². The van der Waals surface area contributed by atoms with Crippen LogP contribution in [0.1, 0.15) is 5.76 Å². The highest BCUT2D eigenvalue weighted by Crippen LogP contribution is 2.39. The van der Waals surface area contributed by atoms with E-state index in [1.165, 1.54) is 0 Å². The summed E-state index contributed by atoms with van der Waals surface area (Å²) in [6.45, 7) is 1.87. The zero-order chi connectivity index (χ0) is 9.59. The van der Waals surface area contributed by atoms with Gasteiger partial charge in [0.2, 0.25) is 0 Å². The van der Waals surface area contributed by atoms with Gasteiger partial charge in [0.15, 0.2) is 0 Å². The van der Waals surface area contributed by atoms with E-state index in [0.717, 1.165) is 16.7 Å². The number of fused-ring (bicyclic) bond motifs is 1. The molecule has 1 aromatic heterocycles. The highest BCUT2D eigenvalue weighted by molar-refractivity contribution is 9.11. The highest BCUT2D eigenvalue weighted by atomic mass is 79.9. The van der Waals surface area contributed by atoms with Crippen LogP contribution in [0, 0.1) is 6.92 Å². The Morgan fingerprint density at radius 1 is 1.31 bits per heavy atom. The van der Waals surface area contributed by atoms with Gasteiger partial charge < -0.3 is 9.52 Å². The first kappa shape index (κ1) is 9.09. The molecule has 0 aliphatic heterocycles. The van der Waals surface area contributed by atoms with Gasteiger partial charge in [-0.15, -0.1) is 0 Å². The van der Waals surface area contributed by atoms with Crippen LogP contribution >= 0.6 is 31.9 Å². The molecular formula is C9H6Br2O2. The van der Waals surface area contributed by atoms with Crippen LogP contribution in [0.5, 0.6) is 5.75 Å². The molecule has 2 rings (SSSR count). The minimum atomic E-state index is 0.202. The zero-order valence-corrected chi connectivity index (χ0v) is 9.94. The summed E-state index contributed by atoms with van der Waals surface area (Å²) in [6, 6.07) is 3.63. The molecule has 4 heteroatoms. The number of aromatic hydroxyl groups is 1. The molecule has 2 aromatic rings. The lowest BCUT2D eigenvalue weighted by Gasteiger charge is -1.99. The van der Waals surface area contributed by atoms with E-state index in [9.17, 15) is 5.11 Å². The van der Waals surface area contributed by atoms with Crippen LogP contribution in [-0.2, 0) is 0 Å². The van der Waals surface area contributed by atoms with Gasteiger partial charge in [0.05, 0.1) is 8.95 Å². The van der Waals surface area contributed by atoms with Gasteiger partial charge in [0, 0.05) is 5.39 Å². The lowest BCUT2D eigenvalue weighted by molar-refractivity contribution is 0.469. The Labute approximate surface area is 91.8 Å². The quantitative estimate of drug-likeness (QED) is 0.799. The number of hydrogen-bond acceptors (Lipinski definition) is 2. The van der Waals surface area contributed by atoms with Crippen LogP contribution in [0.2, 0.25) is 0 Å². The molecule has 0 spiro atoms. The minimum absolute atomic E-state index is 0.202. The maximum absolute atomic E-state index is 9.58. The number of hydrogen-bond donors (Lipinski definition) is 1.